The van der Waals surface area contributed by atoms with Crippen molar-refractivity contribution in [3.8, 4) is 11.4 Å². The maximum atomic E-state index is 12.5. The first-order valence-corrected chi connectivity index (χ1v) is 10.3. The molecule has 0 atom stereocenters. The van der Waals surface area contributed by atoms with Gasteiger partial charge in [-0.25, -0.2) is 4.98 Å². The number of aromatic amines is 1. The average Bonchev–Trinajstić information content (AvgIpc) is 2.78. The summed E-state index contributed by atoms with van der Waals surface area (Å²) < 4.78 is 0. The minimum absolute atomic E-state index is 0.0324. The van der Waals surface area contributed by atoms with Crippen molar-refractivity contribution < 1.29 is 4.79 Å². The standard InChI is InChI=1S/C23H25N5O2/c1-16-20(23(30)27-22(25-16)17-6-5-11-24-15-17)14-21(29)26-18-7-9-19(10-8-18)28-12-3-2-4-13-28/h5-11,15H,2-4,12-14H2,1H3,(H,26,29)(H,25,27,30). The molecule has 2 N–H and O–H groups in total. The zero-order valence-corrected chi connectivity index (χ0v) is 17.0. The molecule has 1 aliphatic rings. The Morgan fingerprint density at radius 3 is 2.57 bits per heavy atom. The molecular formula is C23H25N5O2. The van der Waals surface area contributed by atoms with Gasteiger partial charge in [0.25, 0.3) is 5.56 Å². The van der Waals surface area contributed by atoms with E-state index in [1.165, 1.54) is 24.9 Å². The third-order valence-corrected chi connectivity index (χ3v) is 5.37. The molecule has 0 aliphatic carbocycles. The molecule has 154 valence electrons. The smallest absolute Gasteiger partial charge is 0.255 e. The highest BCUT2D eigenvalue weighted by Crippen LogP contribution is 2.22. The third-order valence-electron chi connectivity index (χ3n) is 5.37. The number of aromatic nitrogens is 3. The van der Waals surface area contributed by atoms with Crippen molar-refractivity contribution in [1.29, 1.82) is 0 Å². The molecule has 0 bridgehead atoms. The normalized spacial score (nSPS) is 13.8. The van der Waals surface area contributed by atoms with E-state index in [0.29, 0.717) is 17.1 Å². The van der Waals surface area contributed by atoms with Gasteiger partial charge in [-0.15, -0.1) is 0 Å². The van der Waals surface area contributed by atoms with Crippen LogP contribution in [0.25, 0.3) is 11.4 Å². The lowest BCUT2D eigenvalue weighted by Gasteiger charge is -2.28. The fourth-order valence-corrected chi connectivity index (χ4v) is 3.73. The van der Waals surface area contributed by atoms with Crippen LogP contribution in [0.2, 0.25) is 0 Å². The Labute approximate surface area is 175 Å². The Morgan fingerprint density at radius 2 is 1.90 bits per heavy atom. The van der Waals surface area contributed by atoms with E-state index in [9.17, 15) is 9.59 Å². The summed E-state index contributed by atoms with van der Waals surface area (Å²) in [6, 6.07) is 11.5. The predicted octanol–water partition coefficient (Wildman–Crippen LogP) is 3.31. The summed E-state index contributed by atoms with van der Waals surface area (Å²) in [7, 11) is 0. The molecular weight excluding hydrogens is 378 g/mol. The number of benzene rings is 1. The van der Waals surface area contributed by atoms with Crippen molar-refractivity contribution in [2.24, 2.45) is 0 Å². The zero-order chi connectivity index (χ0) is 20.9. The van der Waals surface area contributed by atoms with Crippen LogP contribution in [-0.4, -0.2) is 33.9 Å². The highest BCUT2D eigenvalue weighted by Gasteiger charge is 2.15. The number of carbonyl (C=O) groups is 1. The van der Waals surface area contributed by atoms with Crippen molar-refractivity contribution in [2.75, 3.05) is 23.3 Å². The molecule has 1 fully saturated rings. The van der Waals surface area contributed by atoms with E-state index in [-0.39, 0.29) is 17.9 Å². The second-order valence-electron chi connectivity index (χ2n) is 7.54. The monoisotopic (exact) mass is 403 g/mol. The topological polar surface area (TPSA) is 91.0 Å². The quantitative estimate of drug-likeness (QED) is 0.682. The first-order valence-electron chi connectivity index (χ1n) is 10.3. The van der Waals surface area contributed by atoms with E-state index in [2.05, 4.69) is 25.2 Å². The predicted molar refractivity (Wildman–Crippen MR) is 118 cm³/mol. The van der Waals surface area contributed by atoms with Gasteiger partial charge in [-0.3, -0.25) is 14.6 Å². The largest absolute Gasteiger partial charge is 0.372 e. The van der Waals surface area contributed by atoms with Gasteiger partial charge < -0.3 is 15.2 Å². The van der Waals surface area contributed by atoms with E-state index in [1.807, 2.05) is 30.3 Å². The highest BCUT2D eigenvalue weighted by atomic mass is 16.2. The third kappa shape index (κ3) is 4.56. The van der Waals surface area contributed by atoms with E-state index in [4.69, 9.17) is 0 Å². The lowest BCUT2D eigenvalue weighted by molar-refractivity contribution is -0.115. The van der Waals surface area contributed by atoms with Crippen molar-refractivity contribution in [2.45, 2.75) is 32.6 Å². The van der Waals surface area contributed by atoms with Gasteiger partial charge in [0.05, 0.1) is 6.42 Å². The van der Waals surface area contributed by atoms with Crippen LogP contribution in [0.5, 0.6) is 0 Å². The number of rotatable bonds is 5. The number of piperidine rings is 1. The second kappa shape index (κ2) is 8.90. The molecule has 2 aromatic heterocycles. The number of anilines is 2. The summed E-state index contributed by atoms with van der Waals surface area (Å²) in [5, 5.41) is 2.87. The number of hydrogen-bond donors (Lipinski definition) is 2. The number of nitrogens with one attached hydrogen (secondary N) is 2. The fourth-order valence-electron chi connectivity index (χ4n) is 3.73. The Hall–Kier alpha value is -3.48. The van der Waals surface area contributed by atoms with Gasteiger partial charge in [0.1, 0.15) is 5.82 Å². The molecule has 4 rings (SSSR count). The number of carbonyl (C=O) groups excluding carboxylic acids is 1. The molecule has 30 heavy (non-hydrogen) atoms. The van der Waals surface area contributed by atoms with Crippen LogP contribution in [0.4, 0.5) is 11.4 Å². The number of hydrogen-bond acceptors (Lipinski definition) is 5. The van der Waals surface area contributed by atoms with Gasteiger partial charge in [-0.05, 0) is 62.6 Å². The minimum Gasteiger partial charge on any atom is -0.372 e. The zero-order valence-electron chi connectivity index (χ0n) is 17.0. The molecule has 7 heteroatoms. The van der Waals surface area contributed by atoms with Crippen molar-refractivity contribution in [1.82, 2.24) is 15.0 Å². The lowest BCUT2D eigenvalue weighted by atomic mass is 10.1. The molecule has 1 saturated heterocycles. The molecule has 0 saturated carbocycles. The molecule has 7 nitrogen and oxygen atoms in total. The maximum Gasteiger partial charge on any atom is 0.255 e. The molecule has 0 spiro atoms. The van der Waals surface area contributed by atoms with Gasteiger partial charge in [-0.2, -0.15) is 0 Å². The minimum atomic E-state index is -0.308. The van der Waals surface area contributed by atoms with Crippen molar-refractivity contribution >= 4 is 17.3 Å². The summed E-state index contributed by atoms with van der Waals surface area (Å²) in [6.45, 7) is 3.90. The van der Waals surface area contributed by atoms with E-state index < -0.39 is 0 Å². The second-order valence-corrected chi connectivity index (χ2v) is 7.54. The van der Waals surface area contributed by atoms with E-state index in [1.54, 1.807) is 25.4 Å². The fraction of sp³-hybridized carbons (Fsp3) is 0.304. The van der Waals surface area contributed by atoms with Gasteiger partial charge >= 0.3 is 0 Å². The SMILES string of the molecule is Cc1nc(-c2cccnc2)[nH]c(=O)c1CC(=O)Nc1ccc(N2CCCCC2)cc1. The first-order chi connectivity index (χ1) is 14.6. The van der Waals surface area contributed by atoms with Crippen LogP contribution in [0.3, 0.4) is 0 Å². The number of nitrogens with zero attached hydrogens (tertiary/aromatic N) is 3. The van der Waals surface area contributed by atoms with Crippen LogP contribution in [0.1, 0.15) is 30.5 Å². The summed E-state index contributed by atoms with van der Waals surface area (Å²) in [4.78, 5) is 38.7. The highest BCUT2D eigenvalue weighted by molar-refractivity contribution is 5.92. The molecule has 0 unspecified atom stereocenters. The summed E-state index contributed by atoms with van der Waals surface area (Å²) in [5.41, 5.74) is 3.21. The van der Waals surface area contributed by atoms with E-state index >= 15 is 0 Å². The maximum absolute atomic E-state index is 12.5. The number of pyridine rings is 1. The van der Waals surface area contributed by atoms with Crippen LogP contribution in [0.15, 0.2) is 53.6 Å². The lowest BCUT2D eigenvalue weighted by Crippen LogP contribution is -2.29. The van der Waals surface area contributed by atoms with Gasteiger partial charge in [0.2, 0.25) is 5.91 Å². The Balaban J connectivity index is 1.43. The first kappa shape index (κ1) is 19.8. The summed E-state index contributed by atoms with van der Waals surface area (Å²) >= 11 is 0. The molecule has 1 aromatic carbocycles. The van der Waals surface area contributed by atoms with Crippen LogP contribution >= 0.6 is 0 Å². The molecule has 3 aromatic rings. The molecule has 3 heterocycles. The molecule has 0 radical (unpaired) electrons. The Bertz CT molecular complexity index is 1070. The number of amides is 1. The molecule has 1 amide bonds. The van der Waals surface area contributed by atoms with E-state index in [0.717, 1.165) is 24.3 Å². The average molecular weight is 403 g/mol. The van der Waals surface area contributed by atoms with Crippen molar-refractivity contribution in [3.05, 3.63) is 70.4 Å². The van der Waals surface area contributed by atoms with Crippen molar-refractivity contribution in [3.63, 3.8) is 0 Å². The van der Waals surface area contributed by atoms with Crippen LogP contribution in [0, 0.1) is 6.92 Å². The number of H-pyrrole nitrogens is 1. The van der Waals surface area contributed by atoms with Gasteiger partial charge in [0, 0.05) is 53.7 Å². The summed E-state index contributed by atoms with van der Waals surface area (Å²) in [5.74, 6) is 0.202. The summed E-state index contributed by atoms with van der Waals surface area (Å²) in [6.07, 6.45) is 7.00. The van der Waals surface area contributed by atoms with Crippen LogP contribution < -0.4 is 15.8 Å². The van der Waals surface area contributed by atoms with Gasteiger partial charge in [-0.1, -0.05) is 0 Å². The Kier molecular flexibility index (Phi) is 5.88. The Morgan fingerprint density at radius 1 is 1.13 bits per heavy atom. The van der Waals surface area contributed by atoms with Crippen LogP contribution in [-0.2, 0) is 11.2 Å². The van der Waals surface area contributed by atoms with Gasteiger partial charge in [0.15, 0.2) is 0 Å². The number of aryl methyl sites for hydroxylation is 1. The molecule has 1 aliphatic heterocycles.